The van der Waals surface area contributed by atoms with Crippen LogP contribution in [-0.2, 0) is 14.8 Å². The van der Waals surface area contributed by atoms with E-state index >= 15 is 0 Å². The molecule has 2 heterocycles. The molecule has 0 radical (unpaired) electrons. The summed E-state index contributed by atoms with van der Waals surface area (Å²) in [4.78, 5) is 15.3. The van der Waals surface area contributed by atoms with E-state index in [4.69, 9.17) is 5.73 Å². The molecule has 6 nitrogen and oxygen atoms in total. The van der Waals surface area contributed by atoms with Crippen molar-refractivity contribution in [2.75, 3.05) is 13.1 Å². The third-order valence-corrected chi connectivity index (χ3v) is 6.06. The Morgan fingerprint density at radius 1 is 1.40 bits per heavy atom. The molecule has 0 aliphatic carbocycles. The van der Waals surface area contributed by atoms with Gasteiger partial charge in [0.1, 0.15) is 4.90 Å². The minimum atomic E-state index is -3.43. The zero-order valence-electron chi connectivity index (χ0n) is 11.2. The van der Waals surface area contributed by atoms with Gasteiger partial charge in [0.15, 0.2) is 0 Å². The summed E-state index contributed by atoms with van der Waals surface area (Å²) in [6, 6.07) is 3.13. The van der Waals surface area contributed by atoms with E-state index in [1.54, 1.807) is 13.0 Å². The first-order valence-corrected chi connectivity index (χ1v) is 8.65. The van der Waals surface area contributed by atoms with Gasteiger partial charge >= 0.3 is 0 Å². The number of amides is 1. The highest BCUT2D eigenvalue weighted by molar-refractivity contribution is 8.00. The fraction of sp³-hybridized carbons (Fsp3) is 0.500. The third-order valence-electron chi connectivity index (χ3n) is 3.11. The SMILES string of the molecule is C[C@@H](Sc1ccc(S(=O)(=O)N2CCCC2)cn1)C(N)=O. The lowest BCUT2D eigenvalue weighted by atomic mass is 10.4. The molecule has 2 rings (SSSR count). The summed E-state index contributed by atoms with van der Waals surface area (Å²) < 4.78 is 26.0. The van der Waals surface area contributed by atoms with E-state index in [-0.39, 0.29) is 4.90 Å². The highest BCUT2D eigenvalue weighted by Gasteiger charge is 2.27. The number of hydrogen-bond acceptors (Lipinski definition) is 5. The predicted molar refractivity (Wildman–Crippen MR) is 76.7 cm³/mol. The first-order valence-electron chi connectivity index (χ1n) is 6.33. The summed E-state index contributed by atoms with van der Waals surface area (Å²) in [5, 5.41) is 0.181. The Labute approximate surface area is 122 Å². The maximum absolute atomic E-state index is 12.3. The van der Waals surface area contributed by atoms with E-state index in [1.165, 1.54) is 28.3 Å². The molecule has 1 aliphatic heterocycles. The Hall–Kier alpha value is -1.12. The number of hydrogen-bond donors (Lipinski definition) is 1. The van der Waals surface area contributed by atoms with Gasteiger partial charge in [-0.05, 0) is 31.9 Å². The Bertz CT molecular complexity index is 580. The van der Waals surface area contributed by atoms with Gasteiger partial charge in [0, 0.05) is 19.3 Å². The van der Waals surface area contributed by atoms with Crippen molar-refractivity contribution in [1.29, 1.82) is 0 Å². The second-order valence-electron chi connectivity index (χ2n) is 4.61. The lowest BCUT2D eigenvalue weighted by Crippen LogP contribution is -2.28. The Kier molecular flexibility index (Phi) is 4.66. The van der Waals surface area contributed by atoms with Crippen LogP contribution in [-0.4, -0.2) is 42.0 Å². The van der Waals surface area contributed by atoms with Crippen molar-refractivity contribution < 1.29 is 13.2 Å². The predicted octanol–water partition coefficient (Wildman–Crippen LogP) is 0.832. The number of sulfonamides is 1. The lowest BCUT2D eigenvalue weighted by molar-refractivity contribution is -0.117. The maximum atomic E-state index is 12.3. The zero-order chi connectivity index (χ0) is 14.8. The summed E-state index contributed by atoms with van der Waals surface area (Å²) in [7, 11) is -3.43. The molecule has 1 amide bonds. The highest BCUT2D eigenvalue weighted by Crippen LogP contribution is 2.24. The highest BCUT2D eigenvalue weighted by atomic mass is 32.2. The first-order chi connectivity index (χ1) is 9.41. The number of primary amides is 1. The molecule has 8 heteroatoms. The van der Waals surface area contributed by atoms with Gasteiger partial charge in [-0.25, -0.2) is 13.4 Å². The van der Waals surface area contributed by atoms with Gasteiger partial charge in [-0.15, -0.1) is 0 Å². The first kappa shape index (κ1) is 15.3. The molecule has 0 saturated carbocycles. The van der Waals surface area contributed by atoms with Crippen LogP contribution in [0.1, 0.15) is 19.8 Å². The van der Waals surface area contributed by atoms with Crippen molar-refractivity contribution in [3.05, 3.63) is 18.3 Å². The number of aromatic nitrogens is 1. The van der Waals surface area contributed by atoms with Crippen LogP contribution in [0.4, 0.5) is 0 Å². The maximum Gasteiger partial charge on any atom is 0.244 e. The van der Waals surface area contributed by atoms with E-state index in [2.05, 4.69) is 4.98 Å². The third kappa shape index (κ3) is 3.31. The smallest absolute Gasteiger partial charge is 0.244 e. The minimum Gasteiger partial charge on any atom is -0.369 e. The molecule has 110 valence electrons. The van der Waals surface area contributed by atoms with Gasteiger partial charge in [-0.2, -0.15) is 4.31 Å². The van der Waals surface area contributed by atoms with Gasteiger partial charge in [-0.3, -0.25) is 4.79 Å². The molecule has 0 bridgehead atoms. The monoisotopic (exact) mass is 315 g/mol. The summed E-state index contributed by atoms with van der Waals surface area (Å²) in [5.41, 5.74) is 5.18. The number of carbonyl (C=O) groups is 1. The molecule has 0 spiro atoms. The topological polar surface area (TPSA) is 93.4 Å². The molecule has 1 atom stereocenters. The van der Waals surface area contributed by atoms with Crippen molar-refractivity contribution in [2.24, 2.45) is 5.73 Å². The number of thioether (sulfide) groups is 1. The van der Waals surface area contributed by atoms with Crippen LogP contribution in [0.5, 0.6) is 0 Å². The number of nitrogens with two attached hydrogens (primary N) is 1. The van der Waals surface area contributed by atoms with Crippen LogP contribution in [0.25, 0.3) is 0 Å². The Morgan fingerprint density at radius 2 is 2.05 bits per heavy atom. The Morgan fingerprint density at radius 3 is 2.55 bits per heavy atom. The van der Waals surface area contributed by atoms with Crippen LogP contribution in [0, 0.1) is 0 Å². The van der Waals surface area contributed by atoms with Crippen LogP contribution in [0.3, 0.4) is 0 Å². The molecule has 1 aliphatic rings. The molecule has 0 aromatic carbocycles. The van der Waals surface area contributed by atoms with E-state index in [0.29, 0.717) is 18.1 Å². The van der Waals surface area contributed by atoms with Gasteiger partial charge < -0.3 is 5.73 Å². The average Bonchev–Trinajstić information content (AvgIpc) is 2.93. The van der Waals surface area contributed by atoms with E-state index in [0.717, 1.165) is 12.8 Å². The fourth-order valence-electron chi connectivity index (χ4n) is 1.91. The van der Waals surface area contributed by atoms with Gasteiger partial charge in [0.05, 0.1) is 10.3 Å². The van der Waals surface area contributed by atoms with Crippen LogP contribution >= 0.6 is 11.8 Å². The molecule has 1 saturated heterocycles. The Balaban J connectivity index is 2.13. The van der Waals surface area contributed by atoms with Gasteiger partial charge in [0.25, 0.3) is 0 Å². The minimum absolute atomic E-state index is 0.190. The standard InChI is InChI=1S/C12H17N3O3S2/c1-9(12(13)16)19-11-5-4-10(8-14-11)20(17,18)15-6-2-3-7-15/h4-5,8-9H,2-3,6-7H2,1H3,(H2,13,16)/t9-/m1/s1. The summed E-state index contributed by atoms with van der Waals surface area (Å²) >= 11 is 1.21. The molecule has 2 N–H and O–H groups in total. The second-order valence-corrected chi connectivity index (χ2v) is 7.90. The molecule has 20 heavy (non-hydrogen) atoms. The van der Waals surface area contributed by atoms with E-state index in [1.807, 2.05) is 0 Å². The molecule has 1 aromatic rings. The molecule has 1 aromatic heterocycles. The number of pyridine rings is 1. The van der Waals surface area contributed by atoms with Crippen molar-refractivity contribution in [3.8, 4) is 0 Å². The van der Waals surface area contributed by atoms with Crippen LogP contribution < -0.4 is 5.73 Å². The lowest BCUT2D eigenvalue weighted by Gasteiger charge is -2.15. The van der Waals surface area contributed by atoms with Crippen molar-refractivity contribution in [1.82, 2.24) is 9.29 Å². The molecular weight excluding hydrogens is 298 g/mol. The van der Waals surface area contributed by atoms with Crippen molar-refractivity contribution in [3.63, 3.8) is 0 Å². The largest absolute Gasteiger partial charge is 0.369 e. The van der Waals surface area contributed by atoms with Gasteiger partial charge in [0.2, 0.25) is 15.9 Å². The fourth-order valence-corrected chi connectivity index (χ4v) is 4.11. The normalized spacial score (nSPS) is 18.1. The quantitative estimate of drug-likeness (QED) is 0.812. The average molecular weight is 315 g/mol. The second kappa shape index (κ2) is 6.11. The summed E-state index contributed by atoms with van der Waals surface area (Å²) in [5.74, 6) is -0.425. The number of carbonyl (C=O) groups excluding carboxylic acids is 1. The van der Waals surface area contributed by atoms with Gasteiger partial charge in [-0.1, -0.05) is 11.8 Å². The molecular formula is C12H17N3O3S2. The van der Waals surface area contributed by atoms with Crippen molar-refractivity contribution in [2.45, 2.75) is 34.9 Å². The summed E-state index contributed by atoms with van der Waals surface area (Å²) in [6.07, 6.45) is 3.14. The number of nitrogens with zero attached hydrogens (tertiary/aromatic N) is 2. The van der Waals surface area contributed by atoms with Crippen LogP contribution in [0.15, 0.2) is 28.3 Å². The van der Waals surface area contributed by atoms with E-state index < -0.39 is 21.2 Å². The van der Waals surface area contributed by atoms with Crippen molar-refractivity contribution >= 4 is 27.7 Å². The van der Waals surface area contributed by atoms with E-state index in [9.17, 15) is 13.2 Å². The van der Waals surface area contributed by atoms with Crippen LogP contribution in [0.2, 0.25) is 0 Å². The summed E-state index contributed by atoms with van der Waals surface area (Å²) in [6.45, 7) is 2.82. The zero-order valence-corrected chi connectivity index (χ0v) is 12.8. The molecule has 0 unspecified atom stereocenters. The number of rotatable bonds is 5. The molecule has 1 fully saturated rings.